The van der Waals surface area contributed by atoms with Gasteiger partial charge in [-0.15, -0.1) is 0 Å². The van der Waals surface area contributed by atoms with Crippen molar-refractivity contribution in [2.24, 2.45) is 11.8 Å². The summed E-state index contributed by atoms with van der Waals surface area (Å²) in [6.07, 6.45) is 5.33. The molecule has 1 N–H and O–H groups in total. The molecule has 2 aliphatic carbocycles. The maximum absolute atomic E-state index is 10.5. The third-order valence-electron chi connectivity index (χ3n) is 4.25. The summed E-state index contributed by atoms with van der Waals surface area (Å²) < 4.78 is 0.499. The van der Waals surface area contributed by atoms with Crippen LogP contribution in [-0.4, -0.2) is 5.11 Å². The van der Waals surface area contributed by atoms with Gasteiger partial charge >= 0.3 is 0 Å². The second kappa shape index (κ2) is 4.45. The highest BCUT2D eigenvalue weighted by molar-refractivity contribution is 14.1. The Morgan fingerprint density at radius 3 is 2.29 bits per heavy atom. The molecule has 92 valence electrons. The highest BCUT2D eigenvalue weighted by atomic mass is 127. The van der Waals surface area contributed by atoms with Crippen molar-refractivity contribution < 1.29 is 5.11 Å². The van der Waals surface area contributed by atoms with Crippen LogP contribution in [0.4, 0.5) is 0 Å². The van der Waals surface area contributed by atoms with Gasteiger partial charge in [-0.25, -0.2) is 0 Å². The lowest BCUT2D eigenvalue weighted by Gasteiger charge is -2.18. The number of benzene rings is 1. The number of rotatable bonds is 4. The van der Waals surface area contributed by atoms with Crippen LogP contribution >= 0.6 is 22.6 Å². The Bertz CT molecular complexity index is 385. The van der Waals surface area contributed by atoms with E-state index in [2.05, 4.69) is 47.7 Å². The fourth-order valence-corrected chi connectivity index (χ4v) is 3.88. The molecule has 0 unspecified atom stereocenters. The molecule has 0 bridgehead atoms. The number of phenolic OH excluding ortho intramolecular Hbond substituents is 1. The van der Waals surface area contributed by atoms with Crippen molar-refractivity contribution in [2.45, 2.75) is 42.4 Å². The van der Waals surface area contributed by atoms with Crippen molar-refractivity contribution in [3.8, 4) is 5.75 Å². The average molecular weight is 342 g/mol. The minimum Gasteiger partial charge on any atom is -0.507 e. The first-order valence-corrected chi connectivity index (χ1v) is 7.89. The van der Waals surface area contributed by atoms with Crippen molar-refractivity contribution in [3.05, 3.63) is 29.3 Å². The van der Waals surface area contributed by atoms with E-state index >= 15 is 0 Å². The monoisotopic (exact) mass is 342 g/mol. The lowest BCUT2D eigenvalue weighted by atomic mass is 9.92. The van der Waals surface area contributed by atoms with E-state index in [0.29, 0.717) is 15.6 Å². The third-order valence-corrected chi connectivity index (χ3v) is 5.94. The fraction of sp³-hybridized carbons (Fsp3) is 0.600. The first-order valence-electron chi connectivity index (χ1n) is 6.64. The molecule has 0 aromatic heterocycles. The Kier molecular flexibility index (Phi) is 3.09. The summed E-state index contributed by atoms with van der Waals surface area (Å²) in [5.74, 6) is 2.72. The molecule has 1 aromatic carbocycles. The van der Waals surface area contributed by atoms with Crippen LogP contribution in [0.2, 0.25) is 0 Å². The average Bonchev–Trinajstić information content (AvgIpc) is 3.20. The van der Waals surface area contributed by atoms with Crippen molar-refractivity contribution in [1.82, 2.24) is 0 Å². The van der Waals surface area contributed by atoms with Crippen molar-refractivity contribution in [3.63, 3.8) is 0 Å². The summed E-state index contributed by atoms with van der Waals surface area (Å²) in [4.78, 5) is 0. The summed E-state index contributed by atoms with van der Waals surface area (Å²) in [6, 6.07) is 6.34. The zero-order valence-electron chi connectivity index (χ0n) is 10.2. The van der Waals surface area contributed by atoms with Gasteiger partial charge < -0.3 is 5.11 Å². The molecular weight excluding hydrogens is 323 g/mol. The van der Waals surface area contributed by atoms with Gasteiger partial charge in [0.1, 0.15) is 5.75 Å². The molecule has 0 radical (unpaired) electrons. The fourth-order valence-electron chi connectivity index (χ4n) is 2.66. The molecule has 17 heavy (non-hydrogen) atoms. The van der Waals surface area contributed by atoms with E-state index in [0.717, 1.165) is 17.4 Å². The normalized spacial score (nSPS) is 23.4. The van der Waals surface area contributed by atoms with Gasteiger partial charge in [0, 0.05) is 9.49 Å². The van der Waals surface area contributed by atoms with E-state index in [1.807, 2.05) is 0 Å². The quantitative estimate of drug-likeness (QED) is 0.616. The summed E-state index contributed by atoms with van der Waals surface area (Å²) in [7, 11) is 0. The first kappa shape index (κ1) is 11.8. The Labute approximate surface area is 117 Å². The molecule has 2 aliphatic rings. The molecule has 2 atom stereocenters. The third kappa shape index (κ3) is 2.33. The summed E-state index contributed by atoms with van der Waals surface area (Å²) in [5, 5.41) is 10.5. The number of alkyl halides is 1. The maximum atomic E-state index is 10.5. The lowest BCUT2D eigenvalue weighted by molar-refractivity contribution is 0.450. The van der Waals surface area contributed by atoms with E-state index in [1.165, 1.54) is 31.2 Å². The number of hydrogen-bond donors (Lipinski definition) is 1. The highest BCUT2D eigenvalue weighted by Crippen LogP contribution is 2.51. The molecular formula is C15H19IO. The first-order chi connectivity index (χ1) is 8.18. The smallest absolute Gasteiger partial charge is 0.123 e. The molecule has 0 saturated heterocycles. The van der Waals surface area contributed by atoms with Crippen LogP contribution in [0.3, 0.4) is 0 Å². The predicted octanol–water partition coefficient (Wildman–Crippen LogP) is 4.79. The van der Waals surface area contributed by atoms with Gasteiger partial charge in [0.2, 0.25) is 0 Å². The minimum atomic E-state index is 0.499. The van der Waals surface area contributed by atoms with Gasteiger partial charge in [-0.3, -0.25) is 0 Å². The predicted molar refractivity (Wildman–Crippen MR) is 78.7 cm³/mol. The van der Waals surface area contributed by atoms with Crippen molar-refractivity contribution in [1.29, 1.82) is 0 Å². The summed E-state index contributed by atoms with van der Waals surface area (Å²) >= 11 is 2.50. The lowest BCUT2D eigenvalue weighted by Crippen LogP contribution is -2.00. The zero-order valence-corrected chi connectivity index (χ0v) is 12.4. The number of phenols is 1. The maximum Gasteiger partial charge on any atom is 0.123 e. The van der Waals surface area contributed by atoms with E-state index in [-0.39, 0.29) is 0 Å². The molecule has 0 aliphatic heterocycles. The molecule has 0 spiro atoms. The van der Waals surface area contributed by atoms with Crippen molar-refractivity contribution >= 4 is 22.6 Å². The molecule has 3 rings (SSSR count). The minimum absolute atomic E-state index is 0.499. The van der Waals surface area contributed by atoms with Crippen molar-refractivity contribution in [2.75, 3.05) is 0 Å². The van der Waals surface area contributed by atoms with E-state index in [4.69, 9.17) is 0 Å². The van der Waals surface area contributed by atoms with E-state index < -0.39 is 0 Å². The van der Waals surface area contributed by atoms with Gasteiger partial charge in [-0.05, 0) is 49.0 Å². The SMILES string of the molecule is C[C@@H](c1cccc([C@H](I)C2CC2)c1O)C1CC1. The van der Waals surface area contributed by atoms with Gasteiger partial charge in [0.05, 0.1) is 0 Å². The number of para-hydroxylation sites is 1. The molecule has 2 saturated carbocycles. The Morgan fingerprint density at radius 1 is 1.12 bits per heavy atom. The molecule has 0 amide bonds. The van der Waals surface area contributed by atoms with Crippen LogP contribution in [0.5, 0.6) is 5.75 Å². The second-order valence-corrected chi connectivity index (χ2v) is 6.99. The van der Waals surface area contributed by atoms with Gasteiger partial charge in [-0.2, -0.15) is 0 Å². The van der Waals surface area contributed by atoms with Gasteiger partial charge in [0.15, 0.2) is 0 Å². The van der Waals surface area contributed by atoms with Crippen LogP contribution in [0.15, 0.2) is 18.2 Å². The Morgan fingerprint density at radius 2 is 1.71 bits per heavy atom. The number of hydrogen-bond acceptors (Lipinski definition) is 1. The molecule has 1 aromatic rings. The Hall–Kier alpha value is -0.250. The highest BCUT2D eigenvalue weighted by Gasteiger charge is 2.34. The van der Waals surface area contributed by atoms with Gasteiger partial charge in [-0.1, -0.05) is 47.7 Å². The largest absolute Gasteiger partial charge is 0.507 e. The topological polar surface area (TPSA) is 20.2 Å². The van der Waals surface area contributed by atoms with E-state index in [1.54, 1.807) is 0 Å². The van der Waals surface area contributed by atoms with Crippen LogP contribution in [0.1, 0.15) is 53.6 Å². The number of aromatic hydroxyl groups is 1. The standard InChI is InChI=1S/C15H19IO/c1-9(10-5-6-10)12-3-2-4-13(15(12)17)14(16)11-7-8-11/h2-4,9-11,14,17H,5-8H2,1H3/t9-,14-/m1/s1. The molecule has 2 heteroatoms. The number of halogens is 1. The second-order valence-electron chi connectivity index (χ2n) is 5.65. The molecule has 0 heterocycles. The summed E-state index contributed by atoms with van der Waals surface area (Å²) in [5.41, 5.74) is 2.34. The summed E-state index contributed by atoms with van der Waals surface area (Å²) in [6.45, 7) is 2.26. The molecule has 2 fully saturated rings. The van der Waals surface area contributed by atoms with Crippen LogP contribution in [0.25, 0.3) is 0 Å². The molecule has 1 nitrogen and oxygen atoms in total. The van der Waals surface area contributed by atoms with Crippen LogP contribution in [-0.2, 0) is 0 Å². The van der Waals surface area contributed by atoms with Crippen LogP contribution in [0, 0.1) is 11.8 Å². The van der Waals surface area contributed by atoms with E-state index in [9.17, 15) is 5.11 Å². The van der Waals surface area contributed by atoms with Crippen LogP contribution < -0.4 is 0 Å². The Balaban J connectivity index is 1.91. The zero-order chi connectivity index (χ0) is 12.0. The van der Waals surface area contributed by atoms with Gasteiger partial charge in [0.25, 0.3) is 0 Å².